The van der Waals surface area contributed by atoms with E-state index in [2.05, 4.69) is 43.1 Å². The molecule has 2 aromatic carbocycles. The van der Waals surface area contributed by atoms with Gasteiger partial charge in [-0.25, -0.2) is 14.4 Å². The van der Waals surface area contributed by atoms with Crippen molar-refractivity contribution in [1.29, 1.82) is 0 Å². The van der Waals surface area contributed by atoms with Gasteiger partial charge in [0.25, 0.3) is 0 Å². The Labute approximate surface area is 373 Å². The highest BCUT2D eigenvalue weighted by Gasteiger charge is 2.56. The van der Waals surface area contributed by atoms with Crippen molar-refractivity contribution in [1.82, 2.24) is 29.8 Å². The Morgan fingerprint density at radius 2 is 1.11 bits per heavy atom. The molecular formula is C47H67ClN6O8. The van der Waals surface area contributed by atoms with Crippen LogP contribution in [0.3, 0.4) is 0 Å². The van der Waals surface area contributed by atoms with Gasteiger partial charge in [-0.1, -0.05) is 26.0 Å². The minimum Gasteiger partial charge on any atom is -0.497 e. The van der Waals surface area contributed by atoms with E-state index in [1.165, 1.54) is 5.70 Å². The van der Waals surface area contributed by atoms with Crippen LogP contribution in [0.5, 0.6) is 23.0 Å². The number of methoxy groups -OCH3 is 4. The fourth-order valence-corrected chi connectivity index (χ4v) is 10.8. The molecule has 0 aliphatic carbocycles. The number of allylic oxidation sites excluding steroid dienone is 2. The fourth-order valence-electron chi connectivity index (χ4n) is 10.8. The van der Waals surface area contributed by atoms with E-state index >= 15 is 0 Å². The Balaban J connectivity index is 0.000000209. The predicted molar refractivity (Wildman–Crippen MR) is 241 cm³/mol. The van der Waals surface area contributed by atoms with Crippen molar-refractivity contribution in [3.8, 4) is 23.0 Å². The molecule has 1 N–H and O–H groups in total. The van der Waals surface area contributed by atoms with E-state index in [4.69, 9.17) is 23.7 Å². The number of likely N-dealkylation sites (N-methyl/N-ethyl adjacent to an activating group) is 2. The van der Waals surface area contributed by atoms with E-state index in [9.17, 15) is 14.4 Å². The van der Waals surface area contributed by atoms with Crippen LogP contribution in [0.1, 0.15) is 108 Å². The number of piperidine rings is 2. The molecule has 0 saturated carbocycles. The van der Waals surface area contributed by atoms with Gasteiger partial charge in [-0.2, -0.15) is 0 Å². The standard InChI is InChI=1S/C26H37N3O5.C21H29N3O3.ClH/c1-8-29-23(30)28-16-18-14-19(32-6)15-20(33-7)22(18)17(2)13-21(28)26(29)9-11-27(12-10-26)24(31)34-25(3,4)5;1-5-24-20(25)23-13-15-11-16(26-3)12-17(27-4)19(15)14(2)10-18(23)21(24)6-8-22-9-7-21;/h13-15,17H,8-12,16H2,1-7H3;10-12,14,22H,5-9,13H2,1-4H3;1H/t17-;14-;/m11./s1. The number of carbonyl (C=O) groups excluding carboxylic acids is 3. The number of amides is 5. The molecule has 0 radical (unpaired) electrons. The van der Waals surface area contributed by atoms with Crippen LogP contribution in [-0.4, -0.2) is 127 Å². The van der Waals surface area contributed by atoms with E-state index in [0.29, 0.717) is 51.3 Å². The van der Waals surface area contributed by atoms with Crippen LogP contribution < -0.4 is 24.3 Å². The number of nitrogens with one attached hydrogen (secondary N) is 1. The summed E-state index contributed by atoms with van der Waals surface area (Å²) in [5.41, 5.74) is 5.41. The summed E-state index contributed by atoms with van der Waals surface area (Å²) >= 11 is 0. The van der Waals surface area contributed by atoms with Crippen LogP contribution in [0.4, 0.5) is 14.4 Å². The largest absolute Gasteiger partial charge is 0.497 e. The molecule has 0 unspecified atom stereocenters. The Morgan fingerprint density at radius 3 is 1.48 bits per heavy atom. The molecular weight excluding hydrogens is 812 g/mol. The number of rotatable bonds is 6. The maximum Gasteiger partial charge on any atom is 0.410 e. The van der Waals surface area contributed by atoms with Crippen molar-refractivity contribution in [2.75, 3.05) is 67.7 Å². The third kappa shape index (κ3) is 8.01. The number of ether oxygens (including phenoxy) is 5. The van der Waals surface area contributed by atoms with Crippen molar-refractivity contribution in [3.05, 3.63) is 70.1 Å². The minimum atomic E-state index is -0.535. The van der Waals surface area contributed by atoms with Crippen LogP contribution in [0.2, 0.25) is 0 Å². The first kappa shape index (κ1) is 46.7. The van der Waals surface area contributed by atoms with Crippen molar-refractivity contribution >= 4 is 30.6 Å². The van der Waals surface area contributed by atoms with Crippen molar-refractivity contribution < 1.29 is 38.1 Å². The van der Waals surface area contributed by atoms with Crippen LogP contribution in [0.25, 0.3) is 0 Å². The molecule has 0 bridgehead atoms. The average Bonchev–Trinajstić information content (AvgIpc) is 3.39. The van der Waals surface area contributed by atoms with E-state index in [1.807, 2.05) is 66.7 Å². The summed E-state index contributed by atoms with van der Waals surface area (Å²) in [4.78, 5) is 49.4. The van der Waals surface area contributed by atoms with E-state index in [1.54, 1.807) is 33.3 Å². The van der Waals surface area contributed by atoms with Crippen LogP contribution in [0, 0.1) is 0 Å². The van der Waals surface area contributed by atoms with Gasteiger partial charge in [-0.15, -0.1) is 12.4 Å². The topological polar surface area (TPSA) is 126 Å². The van der Waals surface area contributed by atoms with Crippen molar-refractivity contribution in [2.45, 2.75) is 116 Å². The number of hydrogen-bond donors (Lipinski definition) is 1. The monoisotopic (exact) mass is 878 g/mol. The summed E-state index contributed by atoms with van der Waals surface area (Å²) in [5, 5.41) is 3.45. The summed E-state index contributed by atoms with van der Waals surface area (Å²) in [6.45, 7) is 19.4. The zero-order valence-electron chi connectivity index (χ0n) is 38.5. The summed E-state index contributed by atoms with van der Waals surface area (Å²) in [6, 6.07) is 8.02. The van der Waals surface area contributed by atoms with Crippen LogP contribution in [-0.2, 0) is 17.8 Å². The van der Waals surface area contributed by atoms with E-state index in [0.717, 1.165) is 77.7 Å². The van der Waals surface area contributed by atoms with Gasteiger partial charge in [0.2, 0.25) is 0 Å². The molecule has 4 fully saturated rings. The number of benzene rings is 2. The summed E-state index contributed by atoms with van der Waals surface area (Å²) in [7, 11) is 6.66. The number of carbonyl (C=O) groups is 3. The Bertz CT molecular complexity index is 2090. The second-order valence-corrected chi connectivity index (χ2v) is 18.0. The number of nitrogens with zero attached hydrogens (tertiary/aromatic N) is 5. The summed E-state index contributed by atoms with van der Waals surface area (Å²) in [6.07, 6.45) is 7.49. The molecule has 4 saturated heterocycles. The van der Waals surface area contributed by atoms with Gasteiger partial charge in [0.1, 0.15) is 28.6 Å². The Morgan fingerprint density at radius 1 is 0.694 bits per heavy atom. The number of hydrogen-bond acceptors (Lipinski definition) is 9. The van der Waals surface area contributed by atoms with Gasteiger partial charge in [-0.3, -0.25) is 9.80 Å². The van der Waals surface area contributed by atoms with Gasteiger partial charge < -0.3 is 43.7 Å². The molecule has 340 valence electrons. The first-order valence-corrected chi connectivity index (χ1v) is 21.9. The number of fused-ring (bicyclic) bond motifs is 6. The SMILES string of the molecule is CCN1C(=O)N2Cc3cc(OC)cc(OC)c3[C@H](C)C=C2C12CCN(C(=O)OC(C)(C)C)CC2.CCN1C(=O)N2Cc3cc(OC)cc(OC)c3[C@H](C)C=C2C12CCNCC2.Cl. The zero-order chi connectivity index (χ0) is 44.0. The fraction of sp³-hybridized carbons (Fsp3) is 0.596. The lowest BCUT2D eigenvalue weighted by Gasteiger charge is -2.44. The highest BCUT2D eigenvalue weighted by Crippen LogP contribution is 2.50. The Kier molecular flexibility index (Phi) is 13.6. The highest BCUT2D eigenvalue weighted by atomic mass is 35.5. The molecule has 62 heavy (non-hydrogen) atoms. The molecule has 2 aromatic rings. The highest BCUT2D eigenvalue weighted by molar-refractivity contribution is 5.85. The molecule has 6 aliphatic rings. The lowest BCUT2D eigenvalue weighted by Crippen LogP contribution is -2.55. The zero-order valence-corrected chi connectivity index (χ0v) is 39.3. The second kappa shape index (κ2) is 18.1. The molecule has 15 heteroatoms. The minimum absolute atomic E-state index is 0. The number of likely N-dealkylation sites (tertiary alicyclic amines) is 1. The summed E-state index contributed by atoms with van der Waals surface area (Å²) < 4.78 is 27.9. The molecule has 5 amide bonds. The second-order valence-electron chi connectivity index (χ2n) is 18.0. The average molecular weight is 880 g/mol. The first-order valence-electron chi connectivity index (χ1n) is 21.9. The van der Waals surface area contributed by atoms with E-state index in [-0.39, 0.29) is 47.9 Å². The van der Waals surface area contributed by atoms with Crippen LogP contribution >= 0.6 is 12.4 Å². The van der Waals surface area contributed by atoms with Gasteiger partial charge in [0.05, 0.1) is 52.6 Å². The quantitative estimate of drug-likeness (QED) is 0.306. The third-order valence-electron chi connectivity index (χ3n) is 13.5. The molecule has 2 atom stereocenters. The maximum absolute atomic E-state index is 13.7. The summed E-state index contributed by atoms with van der Waals surface area (Å²) in [5.74, 6) is 3.29. The molecule has 6 aliphatic heterocycles. The lowest BCUT2D eigenvalue weighted by atomic mass is 9.82. The predicted octanol–water partition coefficient (Wildman–Crippen LogP) is 8.24. The van der Waals surface area contributed by atoms with Crippen molar-refractivity contribution in [3.63, 3.8) is 0 Å². The number of halogens is 1. The number of urea groups is 2. The van der Waals surface area contributed by atoms with E-state index < -0.39 is 11.1 Å². The molecule has 8 rings (SSSR count). The van der Waals surface area contributed by atoms with Gasteiger partial charge in [0.15, 0.2) is 0 Å². The van der Waals surface area contributed by atoms with Gasteiger partial charge in [0, 0.05) is 72.7 Å². The molecule has 6 heterocycles. The first-order chi connectivity index (χ1) is 29.1. The Hall–Kier alpha value is -4.82. The molecule has 2 spiro atoms. The lowest BCUT2D eigenvalue weighted by molar-refractivity contribution is 0.0113. The smallest absolute Gasteiger partial charge is 0.410 e. The van der Waals surface area contributed by atoms with Gasteiger partial charge in [-0.05, 0) is 96.7 Å². The maximum atomic E-state index is 13.7. The molecule has 0 aromatic heterocycles. The van der Waals surface area contributed by atoms with Crippen molar-refractivity contribution in [2.24, 2.45) is 0 Å². The normalized spacial score (nSPS) is 22.1. The van der Waals surface area contributed by atoms with Gasteiger partial charge >= 0.3 is 18.2 Å². The molecule has 14 nitrogen and oxygen atoms in total. The van der Waals surface area contributed by atoms with Crippen LogP contribution in [0.15, 0.2) is 47.8 Å². The third-order valence-corrected chi connectivity index (χ3v) is 13.5.